The predicted molar refractivity (Wildman–Crippen MR) is 121 cm³/mol. The first kappa shape index (κ1) is 21.9. The van der Waals surface area contributed by atoms with Gasteiger partial charge in [0.05, 0.1) is 5.92 Å². The molecule has 3 nitrogen and oxygen atoms in total. The Morgan fingerprint density at radius 1 is 1.00 bits per heavy atom. The van der Waals surface area contributed by atoms with Gasteiger partial charge < -0.3 is 5.73 Å². The van der Waals surface area contributed by atoms with E-state index in [9.17, 15) is 4.79 Å². The number of aryl methyl sites for hydroxylation is 1. The van der Waals surface area contributed by atoms with Gasteiger partial charge in [0.1, 0.15) is 0 Å². The lowest BCUT2D eigenvalue weighted by Crippen LogP contribution is -2.30. The Bertz CT molecular complexity index is 851. The fraction of sp³-hybridized carbons (Fsp3) is 0.400. The van der Waals surface area contributed by atoms with Crippen LogP contribution in [0.25, 0.3) is 10.8 Å². The average Bonchev–Trinajstić information content (AvgIpc) is 2.64. The molecule has 2 aromatic rings. The number of carbonyl (C=O) groups is 1. The number of primary amides is 1. The predicted octanol–water partition coefficient (Wildman–Crippen LogP) is 5.34. The van der Waals surface area contributed by atoms with Crippen LogP contribution in [0.1, 0.15) is 51.2 Å². The van der Waals surface area contributed by atoms with E-state index in [0.29, 0.717) is 0 Å². The number of amides is 1. The number of hydrogen-bond acceptors (Lipinski definition) is 2. The summed E-state index contributed by atoms with van der Waals surface area (Å²) in [4.78, 5) is 14.8. The Balaban J connectivity index is 2.29. The van der Waals surface area contributed by atoms with E-state index >= 15 is 0 Å². The van der Waals surface area contributed by atoms with Crippen molar-refractivity contribution in [3.05, 3.63) is 70.8 Å². The summed E-state index contributed by atoms with van der Waals surface area (Å²) in [6.45, 7) is 13.1. The number of hydrogen-bond donors (Lipinski definition) is 1. The van der Waals surface area contributed by atoms with E-state index in [0.717, 1.165) is 48.0 Å². The van der Waals surface area contributed by atoms with Crippen LogP contribution in [0.4, 0.5) is 0 Å². The monoisotopic (exact) mass is 378 g/mol. The number of benzene rings is 2. The molecule has 0 fully saturated rings. The molecule has 0 aliphatic rings. The number of nitrogens with zero attached hydrogens (tertiary/aromatic N) is 1. The van der Waals surface area contributed by atoms with Crippen molar-refractivity contribution in [1.29, 1.82) is 0 Å². The Morgan fingerprint density at radius 3 is 2.18 bits per heavy atom. The van der Waals surface area contributed by atoms with Crippen molar-refractivity contribution in [2.75, 3.05) is 19.6 Å². The highest BCUT2D eigenvalue weighted by Crippen LogP contribution is 2.31. The van der Waals surface area contributed by atoms with Gasteiger partial charge in [-0.25, -0.2) is 0 Å². The molecule has 0 heterocycles. The lowest BCUT2D eigenvalue weighted by molar-refractivity contribution is -0.119. The van der Waals surface area contributed by atoms with Crippen LogP contribution in [-0.2, 0) is 4.79 Å². The first-order valence-corrected chi connectivity index (χ1v) is 10.1. The van der Waals surface area contributed by atoms with Gasteiger partial charge in [0.2, 0.25) is 5.91 Å². The van der Waals surface area contributed by atoms with Crippen molar-refractivity contribution in [1.82, 2.24) is 4.90 Å². The Hall–Kier alpha value is -2.39. The molecule has 1 amide bonds. The smallest absolute Gasteiger partial charge is 0.225 e. The molecule has 2 rings (SSSR count). The van der Waals surface area contributed by atoms with Gasteiger partial charge in [0.25, 0.3) is 0 Å². The van der Waals surface area contributed by atoms with Crippen LogP contribution in [0.3, 0.4) is 0 Å². The number of carbonyl (C=O) groups excluding carboxylic acids is 1. The second kappa shape index (κ2) is 10.2. The molecule has 28 heavy (non-hydrogen) atoms. The molecule has 1 atom stereocenters. The van der Waals surface area contributed by atoms with Crippen LogP contribution in [0.2, 0.25) is 0 Å². The van der Waals surface area contributed by atoms with E-state index in [2.05, 4.69) is 75.9 Å². The molecular weight excluding hydrogens is 344 g/mol. The second-order valence-electron chi connectivity index (χ2n) is 8.08. The van der Waals surface area contributed by atoms with Gasteiger partial charge in [-0.05, 0) is 69.5 Å². The summed E-state index contributed by atoms with van der Waals surface area (Å²) in [5.41, 5.74) is 10.7. The summed E-state index contributed by atoms with van der Waals surface area (Å²) < 4.78 is 0. The maximum absolute atomic E-state index is 12.4. The maximum Gasteiger partial charge on any atom is 0.225 e. The molecule has 2 aromatic carbocycles. The van der Waals surface area contributed by atoms with Gasteiger partial charge in [-0.15, -0.1) is 0 Å². The zero-order valence-corrected chi connectivity index (χ0v) is 18.0. The summed E-state index contributed by atoms with van der Waals surface area (Å²) >= 11 is 0. The normalized spacial score (nSPS) is 12.1. The molecule has 2 N–H and O–H groups in total. The third-order valence-corrected chi connectivity index (χ3v) is 5.13. The van der Waals surface area contributed by atoms with Crippen LogP contribution in [0.15, 0.2) is 59.7 Å². The largest absolute Gasteiger partial charge is 0.369 e. The topological polar surface area (TPSA) is 46.3 Å². The number of allylic oxidation sites excluding steroid dienone is 2. The van der Waals surface area contributed by atoms with E-state index in [-0.39, 0.29) is 11.8 Å². The van der Waals surface area contributed by atoms with Crippen LogP contribution in [-0.4, -0.2) is 30.4 Å². The van der Waals surface area contributed by atoms with E-state index in [4.69, 9.17) is 5.73 Å². The fourth-order valence-electron chi connectivity index (χ4n) is 3.49. The number of rotatable bonds is 9. The molecule has 0 radical (unpaired) electrons. The first-order chi connectivity index (χ1) is 13.3. The lowest BCUT2D eigenvalue weighted by atomic mass is 9.87. The summed E-state index contributed by atoms with van der Waals surface area (Å²) in [6, 6.07) is 12.4. The lowest BCUT2D eigenvalue weighted by Gasteiger charge is -2.24. The highest BCUT2D eigenvalue weighted by molar-refractivity contribution is 5.93. The van der Waals surface area contributed by atoms with E-state index in [1.807, 2.05) is 12.1 Å². The van der Waals surface area contributed by atoms with Crippen LogP contribution >= 0.6 is 0 Å². The quantitative estimate of drug-likeness (QED) is 0.599. The molecule has 0 aliphatic heterocycles. The van der Waals surface area contributed by atoms with Crippen molar-refractivity contribution in [3.63, 3.8) is 0 Å². The van der Waals surface area contributed by atoms with Crippen LogP contribution in [0, 0.1) is 6.92 Å². The molecule has 0 saturated carbocycles. The standard InChI is InChI=1S/C25H34N2O/c1-18(2)12-15-27(16-13-19(3)4)17-14-23(25(26)28)24-20(5)10-11-21-8-6-7-9-22(21)24/h6-13,23H,14-17H2,1-5H3,(H2,26,28). The molecule has 0 aromatic heterocycles. The minimum absolute atomic E-state index is 0.246. The summed E-state index contributed by atoms with van der Waals surface area (Å²) in [7, 11) is 0. The molecule has 150 valence electrons. The van der Waals surface area contributed by atoms with Gasteiger partial charge in [0, 0.05) is 13.1 Å². The van der Waals surface area contributed by atoms with E-state index in [1.165, 1.54) is 11.1 Å². The number of fused-ring (bicyclic) bond motifs is 1. The summed E-state index contributed by atoms with van der Waals surface area (Å²) in [6.07, 6.45) is 5.19. The van der Waals surface area contributed by atoms with Gasteiger partial charge in [-0.3, -0.25) is 9.69 Å². The zero-order chi connectivity index (χ0) is 20.7. The summed E-state index contributed by atoms with van der Waals surface area (Å²) in [5.74, 6) is -0.532. The van der Waals surface area contributed by atoms with Crippen molar-refractivity contribution >= 4 is 16.7 Å². The Morgan fingerprint density at radius 2 is 1.61 bits per heavy atom. The van der Waals surface area contributed by atoms with Gasteiger partial charge in [-0.1, -0.05) is 59.7 Å². The first-order valence-electron chi connectivity index (χ1n) is 10.1. The van der Waals surface area contributed by atoms with Crippen molar-refractivity contribution in [2.24, 2.45) is 5.73 Å². The van der Waals surface area contributed by atoms with Crippen molar-refractivity contribution < 1.29 is 4.79 Å². The molecule has 3 heteroatoms. The van der Waals surface area contributed by atoms with Crippen LogP contribution < -0.4 is 5.73 Å². The highest BCUT2D eigenvalue weighted by Gasteiger charge is 2.22. The second-order valence-corrected chi connectivity index (χ2v) is 8.08. The number of nitrogens with two attached hydrogens (primary N) is 1. The van der Waals surface area contributed by atoms with Gasteiger partial charge >= 0.3 is 0 Å². The molecule has 1 unspecified atom stereocenters. The third-order valence-electron chi connectivity index (χ3n) is 5.13. The maximum atomic E-state index is 12.4. The SMILES string of the molecule is CC(C)=CCN(CC=C(C)C)CCC(C(N)=O)c1c(C)ccc2ccccc12. The highest BCUT2D eigenvalue weighted by atomic mass is 16.1. The molecule has 0 spiro atoms. The van der Waals surface area contributed by atoms with E-state index < -0.39 is 0 Å². The molecule has 0 aliphatic carbocycles. The van der Waals surface area contributed by atoms with Crippen LogP contribution in [0.5, 0.6) is 0 Å². The Kier molecular flexibility index (Phi) is 8.01. The van der Waals surface area contributed by atoms with Gasteiger partial charge in [0.15, 0.2) is 0 Å². The molecule has 0 saturated heterocycles. The van der Waals surface area contributed by atoms with E-state index in [1.54, 1.807) is 0 Å². The average molecular weight is 379 g/mol. The third kappa shape index (κ3) is 6.07. The zero-order valence-electron chi connectivity index (χ0n) is 18.0. The fourth-order valence-corrected chi connectivity index (χ4v) is 3.49. The minimum atomic E-state index is -0.285. The van der Waals surface area contributed by atoms with Gasteiger partial charge in [-0.2, -0.15) is 0 Å². The summed E-state index contributed by atoms with van der Waals surface area (Å²) in [5, 5.41) is 2.28. The minimum Gasteiger partial charge on any atom is -0.369 e. The molecule has 0 bridgehead atoms. The van der Waals surface area contributed by atoms with Crippen molar-refractivity contribution in [2.45, 2.75) is 47.0 Å². The molecular formula is C25H34N2O. The Labute approximate surface area is 169 Å². The van der Waals surface area contributed by atoms with Crippen molar-refractivity contribution in [3.8, 4) is 0 Å².